The Kier molecular flexibility index (Phi) is 2.86. The van der Waals surface area contributed by atoms with E-state index < -0.39 is 0 Å². The first kappa shape index (κ1) is 9.53. The average molecular weight is 181 g/mol. The number of hydroxylamine groups is 1. The van der Waals surface area contributed by atoms with Gasteiger partial charge >= 0.3 is 0 Å². The third kappa shape index (κ3) is 2.45. The minimum atomic E-state index is 0.238. The van der Waals surface area contributed by atoms with E-state index in [1.54, 1.807) is 6.92 Å². The number of aromatic nitrogens is 3. The first-order chi connectivity index (χ1) is 6.13. The van der Waals surface area contributed by atoms with Crippen LogP contribution in [0.5, 0.6) is 0 Å². The van der Waals surface area contributed by atoms with Crippen LogP contribution >= 0.6 is 0 Å². The van der Waals surface area contributed by atoms with Gasteiger partial charge in [-0.3, -0.25) is 10.7 Å². The Morgan fingerprint density at radius 3 is 2.54 bits per heavy atom. The average Bonchev–Trinajstić information content (AvgIpc) is 2.11. The monoisotopic (exact) mass is 181 g/mol. The van der Waals surface area contributed by atoms with Crippen LogP contribution in [-0.4, -0.2) is 26.2 Å². The molecule has 0 amide bonds. The van der Waals surface area contributed by atoms with E-state index in [1.807, 2.05) is 19.3 Å². The second-order valence-electron chi connectivity index (χ2n) is 2.59. The lowest BCUT2D eigenvalue weighted by Crippen LogP contribution is -2.14. The molecule has 1 aromatic rings. The summed E-state index contributed by atoms with van der Waals surface area (Å²) in [5.74, 6) is 0.562. The topological polar surface area (TPSA) is 83.3 Å². The van der Waals surface area contributed by atoms with Crippen LogP contribution in [0.1, 0.15) is 18.3 Å². The van der Waals surface area contributed by atoms with E-state index >= 15 is 0 Å². The van der Waals surface area contributed by atoms with E-state index in [0.29, 0.717) is 5.84 Å². The quantitative estimate of drug-likeness (QED) is 0.375. The summed E-state index contributed by atoms with van der Waals surface area (Å²) >= 11 is 0. The Morgan fingerprint density at radius 1 is 1.31 bits per heavy atom. The Bertz CT molecular complexity index is 336. The molecule has 0 atom stereocenters. The highest BCUT2D eigenvalue weighted by atomic mass is 16.5. The number of hydrogen-bond acceptors (Lipinski definition) is 5. The molecule has 13 heavy (non-hydrogen) atoms. The van der Waals surface area contributed by atoms with Crippen molar-refractivity contribution in [3.63, 3.8) is 0 Å². The predicted molar refractivity (Wildman–Crippen MR) is 47.0 cm³/mol. The fourth-order valence-electron chi connectivity index (χ4n) is 0.668. The molecule has 0 fully saturated rings. The lowest BCUT2D eigenvalue weighted by Gasteiger charge is -1.98. The first-order valence-electron chi connectivity index (χ1n) is 3.77. The van der Waals surface area contributed by atoms with Crippen molar-refractivity contribution < 1.29 is 5.21 Å². The zero-order valence-corrected chi connectivity index (χ0v) is 7.74. The molecule has 2 N–H and O–H groups in total. The molecule has 0 radical (unpaired) electrons. The van der Waals surface area contributed by atoms with E-state index in [4.69, 9.17) is 5.21 Å². The summed E-state index contributed by atoms with van der Waals surface area (Å²) in [5.41, 5.74) is 3.44. The van der Waals surface area contributed by atoms with Gasteiger partial charge in [-0.2, -0.15) is 10.1 Å². The normalized spacial score (nSPS) is 11.5. The van der Waals surface area contributed by atoms with Crippen molar-refractivity contribution in [2.45, 2.75) is 20.8 Å². The summed E-state index contributed by atoms with van der Waals surface area (Å²) in [7, 11) is 0. The van der Waals surface area contributed by atoms with Gasteiger partial charge in [-0.05, 0) is 20.8 Å². The molecule has 0 saturated carbocycles. The van der Waals surface area contributed by atoms with E-state index in [0.717, 1.165) is 11.4 Å². The van der Waals surface area contributed by atoms with Crippen LogP contribution < -0.4 is 5.48 Å². The van der Waals surface area contributed by atoms with Crippen LogP contribution in [-0.2, 0) is 0 Å². The fourth-order valence-corrected chi connectivity index (χ4v) is 0.668. The van der Waals surface area contributed by atoms with Crippen molar-refractivity contribution in [2.24, 2.45) is 4.99 Å². The van der Waals surface area contributed by atoms with Crippen molar-refractivity contribution in [3.8, 4) is 0 Å². The van der Waals surface area contributed by atoms with Crippen molar-refractivity contribution in [2.75, 3.05) is 0 Å². The third-order valence-corrected chi connectivity index (χ3v) is 1.51. The van der Waals surface area contributed by atoms with Gasteiger partial charge in [0, 0.05) is 0 Å². The molecule has 0 aliphatic carbocycles. The van der Waals surface area contributed by atoms with Crippen molar-refractivity contribution in [1.29, 1.82) is 0 Å². The van der Waals surface area contributed by atoms with E-state index in [-0.39, 0.29) is 5.95 Å². The summed E-state index contributed by atoms with van der Waals surface area (Å²) in [6.45, 7) is 5.24. The van der Waals surface area contributed by atoms with Crippen LogP contribution in [0.15, 0.2) is 4.99 Å². The second kappa shape index (κ2) is 3.90. The van der Waals surface area contributed by atoms with Crippen molar-refractivity contribution in [3.05, 3.63) is 11.4 Å². The number of aryl methyl sites for hydroxylation is 2. The minimum absolute atomic E-state index is 0.238. The molecule has 6 nitrogen and oxygen atoms in total. The highest BCUT2D eigenvalue weighted by molar-refractivity contribution is 5.80. The highest BCUT2D eigenvalue weighted by Crippen LogP contribution is 2.04. The number of rotatable bonds is 1. The van der Waals surface area contributed by atoms with E-state index in [1.165, 1.54) is 0 Å². The van der Waals surface area contributed by atoms with Crippen LogP contribution in [0.3, 0.4) is 0 Å². The maximum Gasteiger partial charge on any atom is 0.270 e. The first-order valence-corrected chi connectivity index (χ1v) is 3.77. The molecule has 0 bridgehead atoms. The molecule has 0 spiro atoms. The van der Waals surface area contributed by atoms with E-state index in [9.17, 15) is 0 Å². The molecular formula is C7H11N5O. The SMILES string of the molecule is CC(=Nc1nnc(C)c(C)n1)NO. The molecule has 0 aromatic carbocycles. The van der Waals surface area contributed by atoms with Gasteiger partial charge in [0.15, 0.2) is 0 Å². The summed E-state index contributed by atoms with van der Waals surface area (Å²) in [6.07, 6.45) is 0. The van der Waals surface area contributed by atoms with Crippen LogP contribution in [0.2, 0.25) is 0 Å². The van der Waals surface area contributed by atoms with Gasteiger partial charge < -0.3 is 0 Å². The largest absolute Gasteiger partial charge is 0.290 e. The van der Waals surface area contributed by atoms with Gasteiger partial charge in [0.25, 0.3) is 5.95 Å². The number of amidine groups is 1. The zero-order valence-electron chi connectivity index (χ0n) is 7.74. The summed E-state index contributed by atoms with van der Waals surface area (Å²) in [5, 5.41) is 16.0. The molecular weight excluding hydrogens is 170 g/mol. The predicted octanol–water partition coefficient (Wildman–Crippen LogP) is 0.517. The summed E-state index contributed by atoms with van der Waals surface area (Å²) < 4.78 is 0. The molecule has 6 heteroatoms. The molecule has 0 saturated heterocycles. The van der Waals surface area contributed by atoms with Crippen molar-refractivity contribution >= 4 is 11.8 Å². The Balaban J connectivity index is 2.98. The Labute approximate surface area is 75.7 Å². The zero-order chi connectivity index (χ0) is 9.84. The molecule has 0 unspecified atom stereocenters. The lowest BCUT2D eigenvalue weighted by molar-refractivity contribution is 0.233. The molecule has 1 rings (SSSR count). The van der Waals surface area contributed by atoms with E-state index in [2.05, 4.69) is 20.2 Å². The lowest BCUT2D eigenvalue weighted by atomic mass is 10.4. The van der Waals surface area contributed by atoms with Crippen LogP contribution in [0.4, 0.5) is 5.95 Å². The molecule has 70 valence electrons. The molecule has 0 aliphatic heterocycles. The number of nitrogens with one attached hydrogen (secondary N) is 1. The summed E-state index contributed by atoms with van der Waals surface area (Å²) in [6, 6.07) is 0. The highest BCUT2D eigenvalue weighted by Gasteiger charge is 1.99. The number of aliphatic imine (C=N–C) groups is 1. The molecule has 0 aliphatic rings. The van der Waals surface area contributed by atoms with Gasteiger partial charge in [-0.1, -0.05) is 0 Å². The van der Waals surface area contributed by atoms with Crippen LogP contribution in [0, 0.1) is 13.8 Å². The van der Waals surface area contributed by atoms with Gasteiger partial charge in [0.05, 0.1) is 11.4 Å². The smallest absolute Gasteiger partial charge is 0.270 e. The molecule has 1 heterocycles. The van der Waals surface area contributed by atoms with Crippen molar-refractivity contribution in [1.82, 2.24) is 20.7 Å². The number of nitrogens with zero attached hydrogens (tertiary/aromatic N) is 4. The standard InChI is InChI=1S/C7H11N5O/c1-4-5(2)10-11-7(8-4)9-6(3)12-13/h13H,1-3H3,(H,8,9,11,12). The minimum Gasteiger partial charge on any atom is -0.290 e. The van der Waals surface area contributed by atoms with Gasteiger partial charge in [0.1, 0.15) is 5.84 Å². The molecule has 1 aromatic heterocycles. The van der Waals surface area contributed by atoms with Gasteiger partial charge in [0.2, 0.25) is 0 Å². The fraction of sp³-hybridized carbons (Fsp3) is 0.429. The van der Waals surface area contributed by atoms with Crippen LogP contribution in [0.25, 0.3) is 0 Å². The summed E-state index contributed by atoms with van der Waals surface area (Å²) in [4.78, 5) is 7.90. The second-order valence-corrected chi connectivity index (χ2v) is 2.59. The third-order valence-electron chi connectivity index (χ3n) is 1.51. The van der Waals surface area contributed by atoms with Gasteiger partial charge in [-0.25, -0.2) is 4.98 Å². The maximum atomic E-state index is 8.46. The number of hydrogen-bond donors (Lipinski definition) is 2. The van der Waals surface area contributed by atoms with Gasteiger partial charge in [-0.15, -0.1) is 5.10 Å². The Hall–Kier alpha value is -1.56. The maximum absolute atomic E-state index is 8.46. The Morgan fingerprint density at radius 2 is 2.00 bits per heavy atom.